The Kier molecular flexibility index (Phi) is 5.59. The molecule has 0 heterocycles. The zero-order valence-corrected chi connectivity index (χ0v) is 21.9. The predicted molar refractivity (Wildman–Crippen MR) is 134 cm³/mol. The van der Waals surface area contributed by atoms with Crippen molar-refractivity contribution in [2.24, 2.45) is 28.6 Å². The number of benzene rings is 1. The Morgan fingerprint density at radius 1 is 1.06 bits per heavy atom. The molecule has 4 nitrogen and oxygen atoms in total. The van der Waals surface area contributed by atoms with E-state index in [0.717, 1.165) is 47.7 Å². The molecule has 0 spiro atoms. The summed E-state index contributed by atoms with van der Waals surface area (Å²) in [6, 6.07) is 7.09. The van der Waals surface area contributed by atoms with Gasteiger partial charge in [0.15, 0.2) is 17.2 Å². The second-order valence-corrected chi connectivity index (χ2v) is 12.3. The van der Waals surface area contributed by atoms with Crippen molar-refractivity contribution in [2.75, 3.05) is 0 Å². The van der Waals surface area contributed by atoms with Gasteiger partial charge in [-0.2, -0.15) is 0 Å². The number of halogens is 1. The van der Waals surface area contributed by atoms with Crippen molar-refractivity contribution in [3.05, 3.63) is 58.1 Å². The minimum Gasteiger partial charge on any atom is -0.447 e. The van der Waals surface area contributed by atoms with Gasteiger partial charge in [-0.25, -0.2) is 4.79 Å². The van der Waals surface area contributed by atoms with Crippen molar-refractivity contribution < 1.29 is 19.1 Å². The SMILES string of the molecule is C=C1C[C@@H]2[C@H](CC[C@@]3(C)[C@H]2CC[C@]3(OC(=O)c2ccc(Br)cc2)C(C)=O)[C@@]2(C)CCC(=O)C=C12. The maximum Gasteiger partial charge on any atom is 0.339 e. The van der Waals surface area contributed by atoms with Crippen molar-refractivity contribution in [1.82, 2.24) is 0 Å². The van der Waals surface area contributed by atoms with E-state index in [4.69, 9.17) is 4.74 Å². The molecule has 3 fully saturated rings. The van der Waals surface area contributed by atoms with Crippen molar-refractivity contribution in [3.8, 4) is 0 Å². The molecule has 5 heteroatoms. The van der Waals surface area contributed by atoms with Crippen LogP contribution in [-0.4, -0.2) is 23.1 Å². The van der Waals surface area contributed by atoms with Crippen molar-refractivity contribution >= 4 is 33.5 Å². The number of allylic oxidation sites excluding steroid dienone is 2. The van der Waals surface area contributed by atoms with Gasteiger partial charge in [0.05, 0.1) is 5.56 Å². The third-order valence-corrected chi connectivity index (χ3v) is 10.5. The summed E-state index contributed by atoms with van der Waals surface area (Å²) in [5.41, 5.74) is 1.15. The van der Waals surface area contributed by atoms with Crippen LogP contribution in [0.2, 0.25) is 0 Å². The van der Waals surface area contributed by atoms with E-state index in [2.05, 4.69) is 36.4 Å². The fourth-order valence-corrected chi connectivity index (χ4v) is 8.45. The Balaban J connectivity index is 1.49. The lowest BCUT2D eigenvalue weighted by atomic mass is 9.45. The number of ketones is 2. The van der Waals surface area contributed by atoms with Gasteiger partial charge in [-0.15, -0.1) is 0 Å². The third-order valence-electron chi connectivity index (χ3n) is 9.96. The van der Waals surface area contributed by atoms with E-state index >= 15 is 0 Å². The van der Waals surface area contributed by atoms with E-state index in [1.54, 1.807) is 19.1 Å². The number of esters is 1. The molecule has 4 aliphatic rings. The third kappa shape index (κ3) is 3.26. The summed E-state index contributed by atoms with van der Waals surface area (Å²) in [4.78, 5) is 38.6. The van der Waals surface area contributed by atoms with Crippen LogP contribution in [0.5, 0.6) is 0 Å². The van der Waals surface area contributed by atoms with E-state index in [9.17, 15) is 14.4 Å². The van der Waals surface area contributed by atoms with Crippen LogP contribution in [-0.2, 0) is 14.3 Å². The van der Waals surface area contributed by atoms with E-state index in [1.807, 2.05) is 18.2 Å². The molecule has 180 valence electrons. The standard InChI is InChI=1S/C29H33BrO4/c1-17-15-22-23(27(3)12-9-21(32)16-25(17)27)10-13-28(4)24(22)11-14-29(28,18(2)31)34-26(33)19-5-7-20(30)8-6-19/h5-8,16,22-24H,1,9-15H2,2-4H3/t22-,23+,24+,27-,28+,29+/m1/s1. The van der Waals surface area contributed by atoms with Gasteiger partial charge in [0, 0.05) is 16.3 Å². The minimum absolute atomic E-state index is 0.0369. The molecule has 0 unspecified atom stereocenters. The molecule has 4 aliphatic carbocycles. The lowest BCUT2D eigenvalue weighted by molar-refractivity contribution is -0.160. The van der Waals surface area contributed by atoms with Crippen LogP contribution in [0.25, 0.3) is 0 Å². The van der Waals surface area contributed by atoms with Gasteiger partial charge in [-0.05, 0) is 105 Å². The largest absolute Gasteiger partial charge is 0.447 e. The maximum absolute atomic E-state index is 13.3. The van der Waals surface area contributed by atoms with Crippen LogP contribution in [0.3, 0.4) is 0 Å². The number of hydrogen-bond donors (Lipinski definition) is 0. The molecule has 1 aromatic rings. The Labute approximate surface area is 210 Å². The summed E-state index contributed by atoms with van der Waals surface area (Å²) >= 11 is 3.40. The van der Waals surface area contributed by atoms with Crippen molar-refractivity contribution in [1.29, 1.82) is 0 Å². The van der Waals surface area contributed by atoms with Gasteiger partial charge < -0.3 is 4.74 Å². The number of rotatable bonds is 3. The Morgan fingerprint density at radius 3 is 2.41 bits per heavy atom. The van der Waals surface area contributed by atoms with Gasteiger partial charge in [-0.3, -0.25) is 9.59 Å². The summed E-state index contributed by atoms with van der Waals surface area (Å²) in [6.45, 7) is 10.5. The highest BCUT2D eigenvalue weighted by molar-refractivity contribution is 9.10. The molecule has 0 N–H and O–H groups in total. The van der Waals surface area contributed by atoms with Gasteiger partial charge in [0.2, 0.25) is 0 Å². The molecule has 0 saturated heterocycles. The van der Waals surface area contributed by atoms with Gasteiger partial charge in [-0.1, -0.05) is 41.9 Å². The van der Waals surface area contributed by atoms with Gasteiger partial charge in [0.25, 0.3) is 0 Å². The second-order valence-electron chi connectivity index (χ2n) is 11.4. The van der Waals surface area contributed by atoms with Crippen LogP contribution in [0.4, 0.5) is 0 Å². The molecule has 0 amide bonds. The summed E-state index contributed by atoms with van der Waals surface area (Å²) in [5, 5.41) is 0. The number of fused-ring (bicyclic) bond motifs is 5. The lowest BCUT2D eigenvalue weighted by Gasteiger charge is -2.59. The Bertz CT molecular complexity index is 1120. The second kappa shape index (κ2) is 8.01. The van der Waals surface area contributed by atoms with Crippen molar-refractivity contribution in [3.63, 3.8) is 0 Å². The zero-order chi connectivity index (χ0) is 24.5. The molecule has 0 bridgehead atoms. The van der Waals surface area contributed by atoms with E-state index in [1.165, 1.54) is 0 Å². The number of hydrogen-bond acceptors (Lipinski definition) is 4. The fraction of sp³-hybridized carbons (Fsp3) is 0.552. The highest BCUT2D eigenvalue weighted by Gasteiger charge is 2.68. The van der Waals surface area contributed by atoms with Crippen LogP contribution in [0.1, 0.15) is 76.1 Å². The van der Waals surface area contributed by atoms with E-state index < -0.39 is 17.0 Å². The highest BCUT2D eigenvalue weighted by Crippen LogP contribution is 2.69. The van der Waals surface area contributed by atoms with Crippen LogP contribution < -0.4 is 0 Å². The normalized spacial score (nSPS) is 38.9. The molecule has 34 heavy (non-hydrogen) atoms. The molecule has 6 atom stereocenters. The first-order chi connectivity index (χ1) is 16.0. The van der Waals surface area contributed by atoms with Crippen LogP contribution in [0.15, 0.2) is 52.5 Å². The number of ether oxygens (including phenoxy) is 1. The molecule has 0 radical (unpaired) electrons. The molecular formula is C29H33BrO4. The first-order valence-corrected chi connectivity index (χ1v) is 13.2. The molecule has 1 aromatic carbocycles. The highest BCUT2D eigenvalue weighted by atomic mass is 79.9. The Morgan fingerprint density at radius 2 is 1.74 bits per heavy atom. The predicted octanol–water partition coefficient (Wildman–Crippen LogP) is 6.63. The first kappa shape index (κ1) is 23.7. The average Bonchev–Trinajstić information content (AvgIpc) is 3.09. The van der Waals surface area contributed by atoms with E-state index in [0.29, 0.717) is 30.2 Å². The fourth-order valence-electron chi connectivity index (χ4n) is 8.18. The smallest absolute Gasteiger partial charge is 0.339 e. The summed E-state index contributed by atoms with van der Waals surface area (Å²) in [7, 11) is 0. The lowest BCUT2D eigenvalue weighted by Crippen LogP contribution is -2.58. The molecule has 3 saturated carbocycles. The van der Waals surface area contributed by atoms with E-state index in [-0.39, 0.29) is 22.9 Å². The Hall–Kier alpha value is -2.01. The van der Waals surface area contributed by atoms with Gasteiger partial charge >= 0.3 is 5.97 Å². The quantitative estimate of drug-likeness (QED) is 0.416. The van der Waals surface area contributed by atoms with Gasteiger partial charge in [0.1, 0.15) is 0 Å². The number of carbonyl (C=O) groups is 3. The summed E-state index contributed by atoms with van der Waals surface area (Å²) in [5.74, 6) is 0.855. The topological polar surface area (TPSA) is 60.4 Å². The summed E-state index contributed by atoms with van der Waals surface area (Å²) in [6.07, 6.45) is 7.43. The molecule has 0 aliphatic heterocycles. The molecule has 5 rings (SSSR count). The molecular weight excluding hydrogens is 492 g/mol. The number of Topliss-reactive ketones (excluding diaryl/α,β-unsaturated/α-hetero) is 1. The number of carbonyl (C=O) groups excluding carboxylic acids is 3. The van der Waals surface area contributed by atoms with Crippen LogP contribution >= 0.6 is 15.9 Å². The summed E-state index contributed by atoms with van der Waals surface area (Å²) < 4.78 is 7.12. The molecule has 0 aromatic heterocycles. The first-order valence-electron chi connectivity index (χ1n) is 12.4. The van der Waals surface area contributed by atoms with Crippen LogP contribution in [0, 0.1) is 28.6 Å². The average molecular weight is 525 g/mol. The zero-order valence-electron chi connectivity index (χ0n) is 20.3. The maximum atomic E-state index is 13.3. The minimum atomic E-state index is -1.10. The van der Waals surface area contributed by atoms with Crippen molar-refractivity contribution in [2.45, 2.75) is 71.3 Å². The monoisotopic (exact) mass is 524 g/mol.